The van der Waals surface area contributed by atoms with E-state index in [0.29, 0.717) is 6.42 Å². The number of nitrogens with zero attached hydrogens (tertiary/aromatic N) is 4. The van der Waals surface area contributed by atoms with Gasteiger partial charge in [0.1, 0.15) is 11.6 Å². The van der Waals surface area contributed by atoms with Gasteiger partial charge in [0.25, 0.3) is 0 Å². The second-order valence-corrected chi connectivity index (χ2v) is 11.5. The standard InChI is InChI=1S/C14H21N3O3S.C9H13N3OS/c1-8-11-10(21-16-8)7-6-9(12(18)17(11)5)15-13(19)20-14(2,3)4;1-5-8-7(14-11-5)4-3-6(10)9(13)12(8)2/h9H,6-7H2,1-5H3,(H,15,19);6H,3-4,10H2,1-2H3/t9-;6-/m00/s1. The summed E-state index contributed by atoms with van der Waals surface area (Å²) in [7, 11) is 3.49. The molecule has 2 aromatic rings. The number of carbonyl (C=O) groups excluding carboxylic acids is 3. The highest BCUT2D eigenvalue weighted by Gasteiger charge is 2.33. The average Bonchev–Trinajstić information content (AvgIpc) is 3.27. The highest BCUT2D eigenvalue weighted by molar-refractivity contribution is 7.06. The minimum Gasteiger partial charge on any atom is -0.444 e. The number of amides is 3. The Morgan fingerprint density at radius 2 is 1.46 bits per heavy atom. The number of aryl methyl sites for hydroxylation is 4. The topological polar surface area (TPSA) is 131 Å². The molecule has 0 saturated heterocycles. The zero-order valence-electron chi connectivity index (χ0n) is 21.3. The quantitative estimate of drug-likeness (QED) is 0.589. The van der Waals surface area contributed by atoms with Crippen LogP contribution in [-0.2, 0) is 27.2 Å². The molecular weight excluding hydrogens is 488 g/mol. The van der Waals surface area contributed by atoms with E-state index in [1.807, 2.05) is 13.8 Å². The van der Waals surface area contributed by atoms with E-state index in [1.165, 1.54) is 27.9 Å². The van der Waals surface area contributed by atoms with E-state index >= 15 is 0 Å². The molecule has 12 heteroatoms. The molecule has 192 valence electrons. The van der Waals surface area contributed by atoms with Gasteiger partial charge in [0.15, 0.2) is 0 Å². The van der Waals surface area contributed by atoms with Crippen molar-refractivity contribution in [1.29, 1.82) is 0 Å². The van der Waals surface area contributed by atoms with Crippen molar-refractivity contribution >= 4 is 52.3 Å². The fraction of sp³-hybridized carbons (Fsp3) is 0.609. The maximum atomic E-state index is 12.5. The maximum absolute atomic E-state index is 12.5. The molecule has 3 amide bonds. The fourth-order valence-electron chi connectivity index (χ4n) is 4.11. The normalized spacial score (nSPS) is 20.2. The lowest BCUT2D eigenvalue weighted by molar-refractivity contribution is -0.120. The Morgan fingerprint density at radius 3 is 1.97 bits per heavy atom. The third-order valence-corrected chi connectivity index (χ3v) is 7.75. The zero-order valence-corrected chi connectivity index (χ0v) is 22.9. The number of carbonyl (C=O) groups is 3. The largest absolute Gasteiger partial charge is 0.444 e. The molecule has 0 saturated carbocycles. The molecule has 0 unspecified atom stereocenters. The number of ether oxygens (including phenoxy) is 1. The van der Waals surface area contributed by atoms with Gasteiger partial charge in [-0.1, -0.05) is 0 Å². The van der Waals surface area contributed by atoms with Crippen molar-refractivity contribution < 1.29 is 19.1 Å². The van der Waals surface area contributed by atoms with Crippen molar-refractivity contribution in [3.05, 3.63) is 21.1 Å². The lowest BCUT2D eigenvalue weighted by atomic mass is 10.1. The van der Waals surface area contributed by atoms with Gasteiger partial charge in [0.2, 0.25) is 11.8 Å². The van der Waals surface area contributed by atoms with Crippen LogP contribution in [0.15, 0.2) is 0 Å². The summed E-state index contributed by atoms with van der Waals surface area (Å²) in [4.78, 5) is 41.6. The van der Waals surface area contributed by atoms with Crippen LogP contribution >= 0.6 is 23.1 Å². The van der Waals surface area contributed by atoms with Crippen molar-refractivity contribution in [2.75, 3.05) is 23.9 Å². The van der Waals surface area contributed by atoms with E-state index in [2.05, 4.69) is 14.1 Å². The van der Waals surface area contributed by atoms with Gasteiger partial charge >= 0.3 is 6.09 Å². The third kappa shape index (κ3) is 6.17. The van der Waals surface area contributed by atoms with Gasteiger partial charge in [-0.25, -0.2) is 4.79 Å². The number of nitrogens with two attached hydrogens (primary N) is 1. The molecule has 2 aliphatic rings. The zero-order chi connectivity index (χ0) is 26.1. The highest BCUT2D eigenvalue weighted by atomic mass is 32.1. The monoisotopic (exact) mass is 522 g/mol. The number of aromatic nitrogens is 2. The van der Waals surface area contributed by atoms with Crippen molar-refractivity contribution in [3.63, 3.8) is 0 Å². The van der Waals surface area contributed by atoms with Crippen molar-refractivity contribution in [2.45, 2.75) is 78.0 Å². The molecule has 0 fully saturated rings. The van der Waals surface area contributed by atoms with Crippen molar-refractivity contribution in [1.82, 2.24) is 14.1 Å². The number of fused-ring (bicyclic) bond motifs is 2. The summed E-state index contributed by atoms with van der Waals surface area (Å²) in [6.45, 7) is 9.19. The first-order chi connectivity index (χ1) is 16.3. The maximum Gasteiger partial charge on any atom is 0.408 e. The van der Waals surface area contributed by atoms with Crippen LogP contribution in [0, 0.1) is 13.8 Å². The van der Waals surface area contributed by atoms with Crippen molar-refractivity contribution in [3.8, 4) is 0 Å². The number of alkyl carbamates (subject to hydrolysis) is 1. The molecule has 0 radical (unpaired) electrons. The van der Waals surface area contributed by atoms with Crippen molar-refractivity contribution in [2.24, 2.45) is 5.73 Å². The average molecular weight is 523 g/mol. The van der Waals surface area contributed by atoms with Crippen LogP contribution in [0.4, 0.5) is 16.2 Å². The van der Waals surface area contributed by atoms with Gasteiger partial charge < -0.3 is 25.6 Å². The van der Waals surface area contributed by atoms with E-state index in [-0.39, 0.29) is 17.9 Å². The number of anilines is 2. The summed E-state index contributed by atoms with van der Waals surface area (Å²) >= 11 is 2.89. The van der Waals surface area contributed by atoms with Gasteiger partial charge in [-0.2, -0.15) is 8.75 Å². The Bertz CT molecular complexity index is 1110. The van der Waals surface area contributed by atoms with Crippen LogP contribution < -0.4 is 20.9 Å². The lowest BCUT2D eigenvalue weighted by Gasteiger charge is -2.24. The minimum atomic E-state index is -0.580. The number of rotatable bonds is 1. The molecule has 2 aromatic heterocycles. The van der Waals surface area contributed by atoms with Crippen LogP contribution in [0.25, 0.3) is 0 Å². The Hall–Kier alpha value is -2.57. The number of hydrogen-bond acceptors (Lipinski definition) is 9. The molecule has 0 bridgehead atoms. The van der Waals surface area contributed by atoms with Crippen LogP contribution in [0.3, 0.4) is 0 Å². The molecular formula is C23H34N6O4S2. The first-order valence-corrected chi connectivity index (χ1v) is 13.0. The lowest BCUT2D eigenvalue weighted by Crippen LogP contribution is -2.48. The van der Waals surface area contributed by atoms with Gasteiger partial charge in [-0.05, 0) is 83.4 Å². The summed E-state index contributed by atoms with van der Waals surface area (Å²) in [6, 6.07) is -0.928. The highest BCUT2D eigenvalue weighted by Crippen LogP contribution is 2.33. The van der Waals surface area contributed by atoms with E-state index < -0.39 is 17.7 Å². The van der Waals surface area contributed by atoms with E-state index in [1.54, 1.807) is 44.7 Å². The molecule has 0 aliphatic carbocycles. The first-order valence-electron chi connectivity index (χ1n) is 11.5. The first kappa shape index (κ1) is 27.0. The molecule has 4 heterocycles. The predicted molar refractivity (Wildman–Crippen MR) is 138 cm³/mol. The molecule has 2 atom stereocenters. The summed E-state index contributed by atoms with van der Waals surface area (Å²) in [5.74, 6) is -0.144. The summed E-state index contributed by atoms with van der Waals surface area (Å²) < 4.78 is 13.8. The van der Waals surface area contributed by atoms with Gasteiger partial charge in [0, 0.05) is 23.8 Å². The number of nitrogens with one attached hydrogen (secondary N) is 1. The molecule has 4 rings (SSSR count). The number of likely N-dealkylation sites (N-methyl/N-ethyl adjacent to an activating group) is 2. The molecule has 10 nitrogen and oxygen atoms in total. The third-order valence-electron chi connectivity index (χ3n) is 5.78. The Labute approximate surface area is 214 Å². The van der Waals surface area contributed by atoms with Crippen LogP contribution in [0.5, 0.6) is 0 Å². The molecule has 0 spiro atoms. The minimum absolute atomic E-state index is 0.00736. The van der Waals surface area contributed by atoms with Crippen LogP contribution in [0.1, 0.15) is 54.8 Å². The summed E-state index contributed by atoms with van der Waals surface area (Å²) in [6.07, 6.45) is 2.29. The molecule has 35 heavy (non-hydrogen) atoms. The number of hydrogen-bond donors (Lipinski definition) is 2. The van der Waals surface area contributed by atoms with E-state index in [9.17, 15) is 14.4 Å². The smallest absolute Gasteiger partial charge is 0.408 e. The van der Waals surface area contributed by atoms with Gasteiger partial charge in [-0.3, -0.25) is 9.59 Å². The second-order valence-electron chi connectivity index (χ2n) is 9.76. The molecule has 3 N–H and O–H groups in total. The summed E-state index contributed by atoms with van der Waals surface area (Å²) in [5.41, 5.74) is 8.79. The fourth-order valence-corrected chi connectivity index (χ4v) is 5.93. The molecule has 2 aliphatic heterocycles. The van der Waals surface area contributed by atoms with Gasteiger partial charge in [-0.15, -0.1) is 0 Å². The Kier molecular flexibility index (Phi) is 8.17. The Morgan fingerprint density at radius 1 is 0.971 bits per heavy atom. The molecule has 0 aromatic carbocycles. The Balaban J connectivity index is 0.000000211. The van der Waals surface area contributed by atoms with Crippen LogP contribution in [0.2, 0.25) is 0 Å². The second kappa shape index (κ2) is 10.6. The van der Waals surface area contributed by atoms with E-state index in [4.69, 9.17) is 10.5 Å². The summed E-state index contributed by atoms with van der Waals surface area (Å²) in [5, 5.41) is 2.67. The van der Waals surface area contributed by atoms with Crippen LogP contribution in [-0.4, -0.2) is 58.4 Å². The SMILES string of the molecule is Cc1nsc2c1N(C)C(=O)[C@@H](N)CC2.Cc1nsc2c1N(C)C(=O)[C@@H](NC(=O)OC(C)(C)C)CC2. The van der Waals surface area contributed by atoms with Gasteiger partial charge in [0.05, 0.1) is 28.8 Å². The van der Waals surface area contributed by atoms with E-state index in [0.717, 1.165) is 46.9 Å². The predicted octanol–water partition coefficient (Wildman–Crippen LogP) is 2.94.